The zero-order valence-electron chi connectivity index (χ0n) is 16.0. The third kappa shape index (κ3) is 5.05. The predicted molar refractivity (Wildman–Crippen MR) is 110 cm³/mol. The molecule has 148 valence electrons. The van der Waals surface area contributed by atoms with Crippen molar-refractivity contribution in [2.24, 2.45) is 0 Å². The van der Waals surface area contributed by atoms with Crippen molar-refractivity contribution in [2.75, 3.05) is 18.4 Å². The first-order valence-corrected chi connectivity index (χ1v) is 10.9. The van der Waals surface area contributed by atoms with Crippen LogP contribution < -0.4 is 5.32 Å². The predicted octanol–water partition coefficient (Wildman–Crippen LogP) is 3.61. The number of nitrogens with one attached hydrogen (secondary N) is 1. The molecule has 1 aliphatic rings. The number of rotatable bonds is 5. The van der Waals surface area contributed by atoms with Crippen molar-refractivity contribution >= 4 is 27.7 Å². The van der Waals surface area contributed by atoms with E-state index in [1.807, 2.05) is 6.07 Å². The highest BCUT2D eigenvalue weighted by atomic mass is 32.2. The van der Waals surface area contributed by atoms with Crippen molar-refractivity contribution in [1.82, 2.24) is 9.29 Å². The van der Waals surface area contributed by atoms with Gasteiger partial charge in [0.05, 0.1) is 4.90 Å². The Morgan fingerprint density at radius 3 is 2.57 bits per heavy atom. The summed E-state index contributed by atoms with van der Waals surface area (Å²) in [6.07, 6.45) is 10.3. The number of nitrogens with zero attached hydrogens (tertiary/aromatic N) is 2. The molecular formula is C21H25N3O3S. The van der Waals surface area contributed by atoms with Crippen molar-refractivity contribution in [3.63, 3.8) is 0 Å². The Morgan fingerprint density at radius 2 is 1.89 bits per heavy atom. The molecule has 28 heavy (non-hydrogen) atoms. The van der Waals surface area contributed by atoms with Crippen LogP contribution >= 0.6 is 0 Å². The summed E-state index contributed by atoms with van der Waals surface area (Å²) in [5, 5.41) is 2.74. The van der Waals surface area contributed by atoms with Crippen molar-refractivity contribution in [1.29, 1.82) is 0 Å². The summed E-state index contributed by atoms with van der Waals surface area (Å²) >= 11 is 0. The Hall–Kier alpha value is -2.51. The third-order valence-corrected chi connectivity index (χ3v) is 6.79. The topological polar surface area (TPSA) is 79.4 Å². The van der Waals surface area contributed by atoms with E-state index in [1.165, 1.54) is 6.08 Å². The maximum atomic E-state index is 13.1. The Morgan fingerprint density at radius 1 is 1.14 bits per heavy atom. The van der Waals surface area contributed by atoms with Crippen LogP contribution in [0.1, 0.15) is 36.8 Å². The number of aryl methyl sites for hydroxylation is 1. The molecule has 1 amide bonds. The maximum Gasteiger partial charge on any atom is 0.248 e. The minimum Gasteiger partial charge on any atom is -0.322 e. The van der Waals surface area contributed by atoms with Crippen LogP contribution in [0.2, 0.25) is 0 Å². The van der Waals surface area contributed by atoms with E-state index >= 15 is 0 Å². The van der Waals surface area contributed by atoms with Crippen LogP contribution in [0.15, 0.2) is 53.7 Å². The van der Waals surface area contributed by atoms with Gasteiger partial charge >= 0.3 is 0 Å². The van der Waals surface area contributed by atoms with Gasteiger partial charge in [-0.1, -0.05) is 25.0 Å². The second kappa shape index (κ2) is 9.12. The van der Waals surface area contributed by atoms with E-state index in [2.05, 4.69) is 10.3 Å². The summed E-state index contributed by atoms with van der Waals surface area (Å²) in [7, 11) is -3.57. The first kappa shape index (κ1) is 20.2. The van der Waals surface area contributed by atoms with Crippen LogP contribution in [-0.4, -0.2) is 36.7 Å². The fraction of sp³-hybridized carbons (Fsp3) is 0.333. The first-order chi connectivity index (χ1) is 13.5. The highest BCUT2D eigenvalue weighted by molar-refractivity contribution is 7.89. The average molecular weight is 400 g/mol. The minimum atomic E-state index is -3.57. The Bertz CT molecular complexity index is 948. The average Bonchev–Trinajstić information content (AvgIpc) is 2.99. The van der Waals surface area contributed by atoms with Crippen molar-refractivity contribution in [3.8, 4) is 0 Å². The molecule has 1 aliphatic heterocycles. The largest absolute Gasteiger partial charge is 0.322 e. The second-order valence-corrected chi connectivity index (χ2v) is 8.81. The lowest BCUT2D eigenvalue weighted by atomic mass is 10.2. The summed E-state index contributed by atoms with van der Waals surface area (Å²) in [6.45, 7) is 2.87. The number of hydrogen-bond acceptors (Lipinski definition) is 4. The molecule has 1 fully saturated rings. The molecule has 1 N–H and O–H groups in total. The van der Waals surface area contributed by atoms with Gasteiger partial charge in [-0.3, -0.25) is 9.78 Å². The van der Waals surface area contributed by atoms with Crippen LogP contribution in [0, 0.1) is 6.92 Å². The molecule has 1 aromatic carbocycles. The van der Waals surface area contributed by atoms with Gasteiger partial charge in [0.15, 0.2) is 0 Å². The fourth-order valence-corrected chi connectivity index (χ4v) is 4.98. The molecule has 0 unspecified atom stereocenters. The number of benzene rings is 1. The molecule has 7 heteroatoms. The minimum absolute atomic E-state index is 0.253. The number of sulfonamides is 1. The summed E-state index contributed by atoms with van der Waals surface area (Å²) < 4.78 is 27.8. The molecule has 0 saturated carbocycles. The molecular weight excluding hydrogens is 374 g/mol. The molecule has 6 nitrogen and oxygen atoms in total. The number of hydrogen-bond donors (Lipinski definition) is 1. The molecule has 3 rings (SSSR count). The van der Waals surface area contributed by atoms with Gasteiger partial charge in [0.1, 0.15) is 0 Å². The van der Waals surface area contributed by atoms with E-state index in [-0.39, 0.29) is 10.8 Å². The van der Waals surface area contributed by atoms with E-state index in [0.29, 0.717) is 24.3 Å². The molecule has 0 atom stereocenters. The van der Waals surface area contributed by atoms with Crippen molar-refractivity contribution in [3.05, 3.63) is 59.9 Å². The van der Waals surface area contributed by atoms with Gasteiger partial charge in [0.25, 0.3) is 0 Å². The zero-order valence-corrected chi connectivity index (χ0v) is 16.8. The zero-order chi connectivity index (χ0) is 20.0. The van der Waals surface area contributed by atoms with Crippen LogP contribution in [-0.2, 0) is 14.8 Å². The maximum absolute atomic E-state index is 13.1. The van der Waals surface area contributed by atoms with Gasteiger partial charge in [-0.2, -0.15) is 4.31 Å². The normalized spacial score (nSPS) is 16.0. The molecule has 1 aromatic heterocycles. The summed E-state index contributed by atoms with van der Waals surface area (Å²) in [5.74, 6) is -0.328. The lowest BCUT2D eigenvalue weighted by Gasteiger charge is -2.21. The van der Waals surface area contributed by atoms with Crippen molar-refractivity contribution < 1.29 is 13.2 Å². The summed E-state index contributed by atoms with van der Waals surface area (Å²) in [6, 6.07) is 8.62. The molecule has 0 bridgehead atoms. The van der Waals surface area contributed by atoms with Gasteiger partial charge in [-0.25, -0.2) is 8.42 Å². The highest BCUT2D eigenvalue weighted by Crippen LogP contribution is 2.25. The van der Waals surface area contributed by atoms with Crippen LogP contribution in [0.5, 0.6) is 0 Å². The highest BCUT2D eigenvalue weighted by Gasteiger charge is 2.27. The van der Waals surface area contributed by atoms with Crippen LogP contribution in [0.3, 0.4) is 0 Å². The third-order valence-electron chi connectivity index (χ3n) is 4.75. The molecule has 0 radical (unpaired) electrons. The van der Waals surface area contributed by atoms with E-state index in [1.54, 1.807) is 54.0 Å². The fourth-order valence-electron chi connectivity index (χ4n) is 3.21. The summed E-state index contributed by atoms with van der Waals surface area (Å²) in [4.78, 5) is 16.4. The van der Waals surface area contributed by atoms with Gasteiger partial charge in [0.2, 0.25) is 15.9 Å². The first-order valence-electron chi connectivity index (χ1n) is 9.47. The number of aromatic nitrogens is 1. The van der Waals surface area contributed by atoms with Crippen LogP contribution in [0.25, 0.3) is 6.08 Å². The lowest BCUT2D eigenvalue weighted by molar-refractivity contribution is -0.111. The number of carbonyl (C=O) groups excluding carboxylic acids is 1. The molecule has 0 aliphatic carbocycles. The summed E-state index contributed by atoms with van der Waals surface area (Å²) in [5.41, 5.74) is 1.94. The lowest BCUT2D eigenvalue weighted by Crippen LogP contribution is -2.32. The van der Waals surface area contributed by atoms with Crippen LogP contribution in [0.4, 0.5) is 5.69 Å². The Balaban J connectivity index is 1.77. The molecule has 2 heterocycles. The van der Waals surface area contributed by atoms with E-state index in [9.17, 15) is 13.2 Å². The SMILES string of the molecule is Cc1ccc(NC(=O)/C=C/c2cccnc2)cc1S(=O)(=O)N1CCCCCC1. The number of carbonyl (C=O) groups is 1. The van der Waals surface area contributed by atoms with Gasteiger partial charge in [-0.05, 0) is 55.2 Å². The monoisotopic (exact) mass is 399 g/mol. The van der Waals surface area contributed by atoms with Crippen molar-refractivity contribution in [2.45, 2.75) is 37.5 Å². The molecule has 0 spiro atoms. The second-order valence-electron chi connectivity index (χ2n) is 6.91. The Labute approximate surface area is 166 Å². The van der Waals surface area contributed by atoms with E-state index in [4.69, 9.17) is 0 Å². The van der Waals surface area contributed by atoms with E-state index in [0.717, 1.165) is 31.2 Å². The molecule has 1 saturated heterocycles. The van der Waals surface area contributed by atoms with Gasteiger partial charge in [0, 0.05) is 37.2 Å². The Kier molecular flexibility index (Phi) is 6.59. The number of amides is 1. The molecule has 2 aromatic rings. The number of anilines is 1. The number of pyridine rings is 1. The standard InChI is InChI=1S/C21H25N3O3S/c1-17-8-10-19(23-21(25)11-9-18-7-6-12-22-16-18)15-20(17)28(26,27)24-13-4-2-3-5-14-24/h6-12,15-16H,2-5,13-14H2,1H3,(H,23,25)/b11-9+. The smallest absolute Gasteiger partial charge is 0.248 e. The van der Waals surface area contributed by atoms with Gasteiger partial charge in [-0.15, -0.1) is 0 Å². The van der Waals surface area contributed by atoms with E-state index < -0.39 is 10.0 Å². The van der Waals surface area contributed by atoms with Gasteiger partial charge < -0.3 is 5.32 Å². The quantitative estimate of drug-likeness (QED) is 0.779.